The van der Waals surface area contributed by atoms with Gasteiger partial charge in [0.1, 0.15) is 11.4 Å². The highest BCUT2D eigenvalue weighted by Crippen LogP contribution is 2.35. The van der Waals surface area contributed by atoms with E-state index in [0.717, 1.165) is 18.2 Å². The van der Waals surface area contributed by atoms with Crippen molar-refractivity contribution < 1.29 is 35.8 Å². The van der Waals surface area contributed by atoms with Crippen molar-refractivity contribution in [3.05, 3.63) is 53.3 Å². The van der Waals surface area contributed by atoms with Gasteiger partial charge in [0.05, 0.1) is 53.3 Å². The van der Waals surface area contributed by atoms with E-state index in [-0.39, 0.29) is 23.3 Å². The number of hydrogen-bond acceptors (Lipinski definition) is 7. The van der Waals surface area contributed by atoms with Crippen LogP contribution in [0.4, 0.5) is 32.0 Å². The van der Waals surface area contributed by atoms with Gasteiger partial charge >= 0.3 is 12.4 Å². The summed E-state index contributed by atoms with van der Waals surface area (Å²) in [6.07, 6.45) is -5.45. The Morgan fingerprint density at radius 1 is 0.949 bits per heavy atom. The first-order chi connectivity index (χ1) is 18.4. The fraction of sp³-hybridized carbons (Fsp3) is 0.538. The van der Waals surface area contributed by atoms with Gasteiger partial charge in [-0.1, -0.05) is 0 Å². The number of ether oxygens (including phenoxy) is 2. The molecule has 2 aliphatic rings. The van der Waals surface area contributed by atoms with Gasteiger partial charge in [0, 0.05) is 26.2 Å². The Morgan fingerprint density at radius 3 is 2.18 bits per heavy atom. The maximum absolute atomic E-state index is 13.2. The quantitative estimate of drug-likeness (QED) is 0.335. The van der Waals surface area contributed by atoms with Crippen molar-refractivity contribution in [2.75, 3.05) is 37.7 Å². The molecular weight excluding hydrogens is 546 g/mol. The van der Waals surface area contributed by atoms with Crippen molar-refractivity contribution in [1.82, 2.24) is 9.88 Å². The number of piperazine rings is 1. The monoisotopic (exact) mass is 574 g/mol. The van der Waals surface area contributed by atoms with E-state index in [9.17, 15) is 26.3 Å². The van der Waals surface area contributed by atoms with Gasteiger partial charge in [-0.15, -0.1) is 0 Å². The predicted molar refractivity (Wildman–Crippen MR) is 135 cm³/mol. The first-order valence-corrected chi connectivity index (χ1v) is 13.1. The van der Waals surface area contributed by atoms with Crippen LogP contribution in [-0.2, 0) is 17.1 Å². The lowest BCUT2D eigenvalue weighted by Gasteiger charge is -2.39. The summed E-state index contributed by atoms with van der Waals surface area (Å²) in [5, 5.41) is 8.79. The number of benzene rings is 1. The van der Waals surface area contributed by atoms with E-state index in [1.165, 1.54) is 18.3 Å². The molecule has 6 nitrogen and oxygen atoms in total. The normalized spacial score (nSPS) is 21.8. The molecule has 1 saturated carbocycles. The molecule has 1 saturated heterocycles. The van der Waals surface area contributed by atoms with Crippen molar-refractivity contribution in [2.45, 2.75) is 55.6 Å². The van der Waals surface area contributed by atoms with Gasteiger partial charge < -0.3 is 14.4 Å². The summed E-state index contributed by atoms with van der Waals surface area (Å²) in [4.78, 5) is 7.66. The Bertz CT molecular complexity index is 1140. The smallest absolute Gasteiger partial charge is 0.433 e. The summed E-state index contributed by atoms with van der Waals surface area (Å²) in [6, 6.07) is 7.37. The van der Waals surface area contributed by atoms with E-state index < -0.39 is 29.2 Å². The predicted octanol–water partition coefficient (Wildman–Crippen LogP) is 5.78. The van der Waals surface area contributed by atoms with Gasteiger partial charge in [0.15, 0.2) is 0 Å². The Kier molecular flexibility index (Phi) is 9.18. The third kappa shape index (κ3) is 7.70. The zero-order valence-electron chi connectivity index (χ0n) is 20.9. The molecule has 13 heteroatoms. The van der Waals surface area contributed by atoms with Gasteiger partial charge in [0.25, 0.3) is 0 Å². The summed E-state index contributed by atoms with van der Waals surface area (Å²) in [6.45, 7) is 2.98. The van der Waals surface area contributed by atoms with Crippen LogP contribution < -0.4 is 9.64 Å². The summed E-state index contributed by atoms with van der Waals surface area (Å²) >= 11 is 4.67. The molecule has 0 spiro atoms. The average molecular weight is 575 g/mol. The third-order valence-corrected chi connectivity index (χ3v) is 7.44. The molecule has 1 atom stereocenters. The second kappa shape index (κ2) is 12.2. The van der Waals surface area contributed by atoms with Crippen LogP contribution in [0.2, 0.25) is 0 Å². The lowest BCUT2D eigenvalue weighted by molar-refractivity contribution is -0.141. The van der Waals surface area contributed by atoms with E-state index in [1.54, 1.807) is 6.07 Å². The second-order valence-corrected chi connectivity index (χ2v) is 10.2. The first-order valence-electron chi connectivity index (χ1n) is 12.5. The first kappa shape index (κ1) is 29.3. The standard InChI is InChI=1S/C26H28F6N4O2S/c27-25(28,29)22-13-21(3-1-17(22)14-33)38-20-6-4-19(5-7-20)37-16-24(39)36-11-9-35(10-12-36)18-2-8-23(34-15-18)26(30,31)32/h1-3,8,13,15,19-20,24,39H,4-7,9-12,16H2. The minimum Gasteiger partial charge on any atom is -0.490 e. The van der Waals surface area contributed by atoms with E-state index in [2.05, 4.69) is 22.5 Å². The Morgan fingerprint density at radius 2 is 1.62 bits per heavy atom. The van der Waals surface area contributed by atoms with Crippen LogP contribution in [-0.4, -0.2) is 60.3 Å². The zero-order valence-corrected chi connectivity index (χ0v) is 21.8. The lowest BCUT2D eigenvalue weighted by Crippen LogP contribution is -2.50. The highest BCUT2D eigenvalue weighted by molar-refractivity contribution is 7.80. The fourth-order valence-electron chi connectivity index (χ4n) is 4.78. The SMILES string of the molecule is N#Cc1ccc(OC2CCC(OCC(S)N3CCN(c4ccc(C(F)(F)F)nc4)CC3)CC2)cc1C(F)(F)F. The number of aromatic nitrogens is 1. The molecule has 0 N–H and O–H groups in total. The molecule has 39 heavy (non-hydrogen) atoms. The van der Waals surface area contributed by atoms with Crippen molar-refractivity contribution >= 4 is 18.3 Å². The highest BCUT2D eigenvalue weighted by Gasteiger charge is 2.35. The molecule has 212 valence electrons. The molecular formula is C26H28F6N4O2S. The molecule has 1 aliphatic carbocycles. The van der Waals surface area contributed by atoms with Gasteiger partial charge in [-0.05, 0) is 56.0 Å². The minimum atomic E-state index is -4.63. The topological polar surface area (TPSA) is 61.6 Å². The molecule has 1 unspecified atom stereocenters. The maximum atomic E-state index is 13.2. The largest absolute Gasteiger partial charge is 0.490 e. The van der Waals surface area contributed by atoms with Gasteiger partial charge in [-0.25, -0.2) is 4.98 Å². The van der Waals surface area contributed by atoms with Gasteiger partial charge in [-0.3, -0.25) is 4.90 Å². The zero-order chi connectivity index (χ0) is 28.2. The van der Waals surface area contributed by atoms with E-state index in [4.69, 9.17) is 14.7 Å². The fourth-order valence-corrected chi connectivity index (χ4v) is 5.10. The summed E-state index contributed by atoms with van der Waals surface area (Å²) in [5.41, 5.74) is -1.71. The number of nitrogens with zero attached hydrogens (tertiary/aromatic N) is 4. The van der Waals surface area contributed by atoms with Gasteiger partial charge in [0.2, 0.25) is 0 Å². The number of hydrogen-bond donors (Lipinski definition) is 1. The number of halogens is 6. The van der Waals surface area contributed by atoms with Crippen LogP contribution in [0.15, 0.2) is 36.5 Å². The van der Waals surface area contributed by atoms with E-state index in [0.29, 0.717) is 64.2 Å². The highest BCUT2D eigenvalue weighted by atomic mass is 32.1. The molecule has 2 heterocycles. The third-order valence-electron chi connectivity index (χ3n) is 6.96. The van der Waals surface area contributed by atoms with Crippen molar-refractivity contribution in [3.63, 3.8) is 0 Å². The number of rotatable bonds is 7. The van der Waals surface area contributed by atoms with Crippen LogP contribution in [0.25, 0.3) is 0 Å². The minimum absolute atomic E-state index is 0.00860. The van der Waals surface area contributed by atoms with Crippen molar-refractivity contribution in [2.24, 2.45) is 0 Å². The van der Waals surface area contributed by atoms with Crippen LogP contribution in [0.5, 0.6) is 5.75 Å². The molecule has 4 rings (SSSR count). The number of anilines is 1. The number of pyridine rings is 1. The number of thiol groups is 1. The maximum Gasteiger partial charge on any atom is 0.433 e. The van der Waals surface area contributed by atoms with Crippen LogP contribution in [0.1, 0.15) is 42.5 Å². The molecule has 1 aromatic carbocycles. The van der Waals surface area contributed by atoms with Gasteiger partial charge in [-0.2, -0.15) is 44.2 Å². The lowest BCUT2D eigenvalue weighted by atomic mass is 9.95. The van der Waals surface area contributed by atoms with Crippen LogP contribution >= 0.6 is 12.6 Å². The van der Waals surface area contributed by atoms with E-state index >= 15 is 0 Å². The Balaban J connectivity index is 1.18. The van der Waals surface area contributed by atoms with E-state index in [1.807, 2.05) is 4.90 Å². The second-order valence-electron chi connectivity index (χ2n) is 9.57. The summed E-state index contributed by atoms with van der Waals surface area (Å²) < 4.78 is 89.7. The van der Waals surface area contributed by atoms with Crippen molar-refractivity contribution in [3.8, 4) is 11.8 Å². The van der Waals surface area contributed by atoms with Crippen LogP contribution in [0.3, 0.4) is 0 Å². The van der Waals surface area contributed by atoms with Crippen LogP contribution in [0, 0.1) is 11.3 Å². The number of alkyl halides is 6. The summed E-state index contributed by atoms with van der Waals surface area (Å²) in [5.74, 6) is 0.0901. The molecule has 0 amide bonds. The molecule has 0 bridgehead atoms. The molecule has 1 aliphatic heterocycles. The average Bonchev–Trinajstić information content (AvgIpc) is 2.91. The Hall–Kier alpha value is -2.69. The summed E-state index contributed by atoms with van der Waals surface area (Å²) in [7, 11) is 0. The van der Waals surface area contributed by atoms with Crippen molar-refractivity contribution in [1.29, 1.82) is 5.26 Å². The molecule has 2 aromatic rings. The molecule has 1 aromatic heterocycles. The Labute approximate surface area is 227 Å². The molecule has 0 radical (unpaired) electrons. The number of nitriles is 1. The molecule has 2 fully saturated rings.